The Hall–Kier alpha value is -1.72. The van der Waals surface area contributed by atoms with Crippen molar-refractivity contribution in [3.63, 3.8) is 0 Å². The molecule has 1 amide bonds. The second-order valence-corrected chi connectivity index (χ2v) is 6.95. The molecule has 1 saturated heterocycles. The first kappa shape index (κ1) is 16.1. The molecule has 1 fully saturated rings. The molecule has 1 N–H and O–H groups in total. The van der Waals surface area contributed by atoms with Crippen LogP contribution in [0.4, 0.5) is 0 Å². The van der Waals surface area contributed by atoms with E-state index in [0.29, 0.717) is 13.0 Å². The largest absolute Gasteiger partial charge is 0.352 e. The van der Waals surface area contributed by atoms with Crippen LogP contribution in [-0.2, 0) is 24.3 Å². The van der Waals surface area contributed by atoms with Crippen LogP contribution in [0, 0.1) is 0 Å². The Bertz CT molecular complexity index is 620. The molecule has 0 bridgehead atoms. The molecule has 0 atom stereocenters. The van der Waals surface area contributed by atoms with Crippen LogP contribution in [0.15, 0.2) is 35.7 Å². The Labute approximate surface area is 141 Å². The molecule has 0 aliphatic carbocycles. The van der Waals surface area contributed by atoms with E-state index in [-0.39, 0.29) is 5.91 Å². The van der Waals surface area contributed by atoms with Gasteiger partial charge in [0.25, 0.3) is 0 Å². The number of piperidine rings is 1. The maximum absolute atomic E-state index is 12.0. The van der Waals surface area contributed by atoms with Gasteiger partial charge in [-0.25, -0.2) is 4.98 Å². The highest BCUT2D eigenvalue weighted by Crippen LogP contribution is 2.16. The molecule has 0 saturated carbocycles. The number of hydrogen-bond acceptors (Lipinski definition) is 4. The Morgan fingerprint density at radius 1 is 1.17 bits per heavy atom. The molecule has 122 valence electrons. The molecule has 0 unspecified atom stereocenters. The van der Waals surface area contributed by atoms with Gasteiger partial charge in [-0.05, 0) is 31.5 Å². The van der Waals surface area contributed by atoms with Crippen molar-refractivity contribution in [3.05, 3.63) is 52.0 Å². The number of hydrogen-bond donors (Lipinski definition) is 1. The third-order valence-corrected chi connectivity index (χ3v) is 4.96. The lowest BCUT2D eigenvalue weighted by molar-refractivity contribution is -0.120. The van der Waals surface area contributed by atoms with E-state index >= 15 is 0 Å². The molecule has 2 aromatic rings. The minimum Gasteiger partial charge on any atom is -0.352 e. The molecule has 1 aliphatic rings. The fraction of sp³-hybridized carbons (Fsp3) is 0.444. The lowest BCUT2D eigenvalue weighted by Gasteiger charge is -2.25. The molecule has 4 nitrogen and oxygen atoms in total. The second-order valence-electron chi connectivity index (χ2n) is 6.01. The van der Waals surface area contributed by atoms with Crippen LogP contribution < -0.4 is 5.32 Å². The minimum atomic E-state index is 0.0312. The van der Waals surface area contributed by atoms with E-state index in [2.05, 4.69) is 15.2 Å². The molecule has 1 aromatic heterocycles. The van der Waals surface area contributed by atoms with Gasteiger partial charge in [0.1, 0.15) is 5.01 Å². The molecule has 23 heavy (non-hydrogen) atoms. The molecule has 1 aliphatic heterocycles. The highest BCUT2D eigenvalue weighted by atomic mass is 32.1. The minimum absolute atomic E-state index is 0.0312. The van der Waals surface area contributed by atoms with Crippen LogP contribution in [0.25, 0.3) is 0 Å². The van der Waals surface area contributed by atoms with E-state index in [1.807, 2.05) is 35.7 Å². The molecule has 5 heteroatoms. The van der Waals surface area contributed by atoms with Crippen molar-refractivity contribution in [2.75, 3.05) is 13.1 Å². The molecular weight excluding hydrogens is 306 g/mol. The van der Waals surface area contributed by atoms with E-state index in [1.54, 1.807) is 11.3 Å². The molecule has 1 aromatic carbocycles. The van der Waals surface area contributed by atoms with Crippen LogP contribution >= 0.6 is 11.3 Å². The van der Waals surface area contributed by atoms with E-state index in [0.717, 1.165) is 22.8 Å². The summed E-state index contributed by atoms with van der Waals surface area (Å²) in [6, 6.07) is 9.97. The van der Waals surface area contributed by atoms with Gasteiger partial charge in [-0.15, -0.1) is 11.3 Å². The SMILES string of the molecule is O=C(Cc1csc(CN2CCCCC2)n1)NCc1ccccc1. The van der Waals surface area contributed by atoms with Crippen molar-refractivity contribution in [1.29, 1.82) is 0 Å². The first-order valence-corrected chi connectivity index (χ1v) is 9.14. The number of carbonyl (C=O) groups excluding carboxylic acids is 1. The van der Waals surface area contributed by atoms with Gasteiger partial charge in [-0.1, -0.05) is 36.8 Å². The van der Waals surface area contributed by atoms with Gasteiger partial charge in [0, 0.05) is 11.9 Å². The zero-order valence-electron chi connectivity index (χ0n) is 13.3. The van der Waals surface area contributed by atoms with Gasteiger partial charge >= 0.3 is 0 Å². The van der Waals surface area contributed by atoms with Gasteiger partial charge in [-0.2, -0.15) is 0 Å². The van der Waals surface area contributed by atoms with Crippen LogP contribution in [0.1, 0.15) is 35.5 Å². The van der Waals surface area contributed by atoms with Crippen LogP contribution in [-0.4, -0.2) is 28.9 Å². The van der Waals surface area contributed by atoms with Gasteiger partial charge in [-0.3, -0.25) is 9.69 Å². The maximum Gasteiger partial charge on any atom is 0.226 e. The molecule has 0 spiro atoms. The summed E-state index contributed by atoms with van der Waals surface area (Å²) in [5.74, 6) is 0.0312. The van der Waals surface area contributed by atoms with E-state index in [4.69, 9.17) is 0 Å². The Morgan fingerprint density at radius 2 is 1.96 bits per heavy atom. The number of thiazole rings is 1. The average molecular weight is 329 g/mol. The summed E-state index contributed by atoms with van der Waals surface area (Å²) in [6.45, 7) is 3.85. The summed E-state index contributed by atoms with van der Waals surface area (Å²) in [6.07, 6.45) is 4.30. The molecular formula is C18H23N3OS. The topological polar surface area (TPSA) is 45.2 Å². The van der Waals surface area contributed by atoms with E-state index in [1.165, 1.54) is 32.4 Å². The lowest BCUT2D eigenvalue weighted by Crippen LogP contribution is -2.29. The zero-order valence-corrected chi connectivity index (χ0v) is 14.1. The average Bonchev–Trinajstić information content (AvgIpc) is 3.02. The highest BCUT2D eigenvalue weighted by molar-refractivity contribution is 7.09. The summed E-state index contributed by atoms with van der Waals surface area (Å²) in [5.41, 5.74) is 2.00. The summed E-state index contributed by atoms with van der Waals surface area (Å²) in [4.78, 5) is 19.1. The van der Waals surface area contributed by atoms with Crippen molar-refractivity contribution < 1.29 is 4.79 Å². The van der Waals surface area contributed by atoms with Crippen molar-refractivity contribution in [2.45, 2.75) is 38.8 Å². The first-order valence-electron chi connectivity index (χ1n) is 8.26. The smallest absolute Gasteiger partial charge is 0.226 e. The third kappa shape index (κ3) is 5.15. The zero-order chi connectivity index (χ0) is 15.9. The number of rotatable bonds is 6. The van der Waals surface area contributed by atoms with Crippen molar-refractivity contribution in [2.24, 2.45) is 0 Å². The third-order valence-electron chi connectivity index (χ3n) is 4.08. The standard InChI is InChI=1S/C18H23N3OS/c22-17(19-12-15-7-3-1-4-8-15)11-16-14-23-18(20-16)13-21-9-5-2-6-10-21/h1,3-4,7-8,14H,2,5-6,9-13H2,(H,19,22). The predicted molar refractivity (Wildman–Crippen MR) is 93.2 cm³/mol. The number of aromatic nitrogens is 1. The van der Waals surface area contributed by atoms with E-state index in [9.17, 15) is 4.79 Å². The number of amides is 1. The van der Waals surface area contributed by atoms with E-state index < -0.39 is 0 Å². The van der Waals surface area contributed by atoms with Crippen molar-refractivity contribution >= 4 is 17.2 Å². The number of likely N-dealkylation sites (tertiary alicyclic amines) is 1. The number of benzene rings is 1. The molecule has 2 heterocycles. The van der Waals surface area contributed by atoms with Gasteiger partial charge in [0.05, 0.1) is 18.7 Å². The number of carbonyl (C=O) groups is 1. The van der Waals surface area contributed by atoms with Crippen LogP contribution in [0.2, 0.25) is 0 Å². The fourth-order valence-electron chi connectivity index (χ4n) is 2.84. The Balaban J connectivity index is 1.45. The normalized spacial score (nSPS) is 15.5. The molecule has 0 radical (unpaired) electrons. The monoisotopic (exact) mass is 329 g/mol. The second kappa shape index (κ2) is 8.22. The van der Waals surface area contributed by atoms with Crippen LogP contribution in [0.5, 0.6) is 0 Å². The summed E-state index contributed by atoms with van der Waals surface area (Å²) >= 11 is 1.67. The lowest BCUT2D eigenvalue weighted by atomic mass is 10.1. The van der Waals surface area contributed by atoms with Crippen LogP contribution in [0.3, 0.4) is 0 Å². The fourth-order valence-corrected chi connectivity index (χ4v) is 3.67. The maximum atomic E-state index is 12.0. The highest BCUT2D eigenvalue weighted by Gasteiger charge is 2.13. The Morgan fingerprint density at radius 3 is 2.74 bits per heavy atom. The van der Waals surface area contributed by atoms with Gasteiger partial charge in [0.15, 0.2) is 0 Å². The quantitative estimate of drug-likeness (QED) is 0.886. The predicted octanol–water partition coefficient (Wildman–Crippen LogP) is 2.99. The Kier molecular flexibility index (Phi) is 5.77. The summed E-state index contributed by atoms with van der Waals surface area (Å²) < 4.78 is 0. The summed E-state index contributed by atoms with van der Waals surface area (Å²) in [7, 11) is 0. The number of nitrogens with zero attached hydrogens (tertiary/aromatic N) is 2. The first-order chi connectivity index (χ1) is 11.3. The van der Waals surface area contributed by atoms with Crippen molar-refractivity contribution in [1.82, 2.24) is 15.2 Å². The summed E-state index contributed by atoms with van der Waals surface area (Å²) in [5, 5.41) is 6.09. The molecule has 3 rings (SSSR count). The van der Waals surface area contributed by atoms with Gasteiger partial charge < -0.3 is 5.32 Å². The van der Waals surface area contributed by atoms with Gasteiger partial charge in [0.2, 0.25) is 5.91 Å². The van der Waals surface area contributed by atoms with Crippen molar-refractivity contribution in [3.8, 4) is 0 Å². The number of nitrogens with one attached hydrogen (secondary N) is 1.